The van der Waals surface area contributed by atoms with Crippen molar-refractivity contribution in [3.05, 3.63) is 35.4 Å². The number of carbonyl (C=O) groups excluding carboxylic acids is 1. The maximum absolute atomic E-state index is 13.0. The minimum Gasteiger partial charge on any atom is -0.374 e. The molecule has 1 saturated heterocycles. The lowest BCUT2D eigenvalue weighted by atomic mass is 10.1. The quantitative estimate of drug-likeness (QED) is 0.743. The van der Waals surface area contributed by atoms with Gasteiger partial charge in [0.2, 0.25) is 0 Å². The van der Waals surface area contributed by atoms with Gasteiger partial charge in [0.1, 0.15) is 0 Å². The minimum atomic E-state index is -3.02. The van der Waals surface area contributed by atoms with Gasteiger partial charge >= 0.3 is 0 Å². The second-order valence-corrected chi connectivity index (χ2v) is 9.69. The summed E-state index contributed by atoms with van der Waals surface area (Å²) in [6.07, 6.45) is 0.688. The molecule has 2 rings (SSSR count). The van der Waals surface area contributed by atoms with Crippen LogP contribution in [0.25, 0.3) is 0 Å². The average molecular weight is 368 g/mol. The monoisotopic (exact) mass is 367 g/mol. The van der Waals surface area contributed by atoms with Crippen LogP contribution in [-0.2, 0) is 21.2 Å². The van der Waals surface area contributed by atoms with Crippen molar-refractivity contribution in [1.82, 2.24) is 4.90 Å². The minimum absolute atomic E-state index is 0.0752. The summed E-state index contributed by atoms with van der Waals surface area (Å²) >= 11 is 0. The van der Waals surface area contributed by atoms with Gasteiger partial charge in [-0.25, -0.2) is 8.42 Å². The van der Waals surface area contributed by atoms with Gasteiger partial charge in [-0.2, -0.15) is 0 Å². The van der Waals surface area contributed by atoms with Crippen LogP contribution in [0.3, 0.4) is 0 Å². The molecule has 1 aromatic carbocycles. The molecule has 25 heavy (non-hydrogen) atoms. The van der Waals surface area contributed by atoms with Gasteiger partial charge < -0.3 is 9.64 Å². The highest BCUT2D eigenvalue weighted by atomic mass is 32.2. The van der Waals surface area contributed by atoms with E-state index in [9.17, 15) is 13.2 Å². The lowest BCUT2D eigenvalue weighted by molar-refractivity contribution is 0.0650. The third-order valence-electron chi connectivity index (χ3n) is 4.26. The second-order valence-electron chi connectivity index (χ2n) is 7.46. The maximum atomic E-state index is 13.0. The van der Waals surface area contributed by atoms with Gasteiger partial charge in [0.25, 0.3) is 5.91 Å². The highest BCUT2D eigenvalue weighted by Crippen LogP contribution is 2.21. The van der Waals surface area contributed by atoms with Crippen LogP contribution in [0.4, 0.5) is 0 Å². The summed E-state index contributed by atoms with van der Waals surface area (Å²) in [5, 5.41) is 0. The van der Waals surface area contributed by atoms with E-state index in [4.69, 9.17) is 4.74 Å². The summed E-state index contributed by atoms with van der Waals surface area (Å²) in [5.74, 6) is 0.440. The fourth-order valence-corrected chi connectivity index (χ4v) is 4.72. The highest BCUT2D eigenvalue weighted by molar-refractivity contribution is 7.91. The number of hydrogen-bond acceptors (Lipinski definition) is 4. The molecule has 0 N–H and O–H groups in total. The van der Waals surface area contributed by atoms with Crippen LogP contribution >= 0.6 is 0 Å². The van der Waals surface area contributed by atoms with Gasteiger partial charge in [0, 0.05) is 18.2 Å². The van der Waals surface area contributed by atoms with Crippen LogP contribution in [0, 0.1) is 5.92 Å². The Bertz CT molecular complexity index is 680. The van der Waals surface area contributed by atoms with E-state index in [0.717, 1.165) is 5.56 Å². The molecule has 1 amide bonds. The van der Waals surface area contributed by atoms with Gasteiger partial charge in [-0.1, -0.05) is 26.0 Å². The number of ether oxygens (including phenoxy) is 1. The fourth-order valence-electron chi connectivity index (χ4n) is 2.98. The molecule has 0 bridgehead atoms. The van der Waals surface area contributed by atoms with E-state index in [1.54, 1.807) is 17.0 Å². The van der Waals surface area contributed by atoms with Gasteiger partial charge in [-0.15, -0.1) is 0 Å². The number of benzene rings is 1. The first-order chi connectivity index (χ1) is 11.7. The van der Waals surface area contributed by atoms with Crippen molar-refractivity contribution in [2.45, 2.75) is 52.9 Å². The number of sulfone groups is 1. The summed E-state index contributed by atoms with van der Waals surface area (Å²) in [4.78, 5) is 14.7. The molecule has 1 fully saturated rings. The van der Waals surface area contributed by atoms with E-state index in [0.29, 0.717) is 25.1 Å². The van der Waals surface area contributed by atoms with Crippen molar-refractivity contribution in [3.8, 4) is 0 Å². The van der Waals surface area contributed by atoms with Gasteiger partial charge in [-0.3, -0.25) is 4.79 Å². The Morgan fingerprint density at radius 2 is 1.84 bits per heavy atom. The third kappa shape index (κ3) is 5.82. The van der Waals surface area contributed by atoms with E-state index >= 15 is 0 Å². The molecule has 6 heteroatoms. The molecule has 0 spiro atoms. The van der Waals surface area contributed by atoms with Crippen LogP contribution in [-0.4, -0.2) is 49.4 Å². The summed E-state index contributed by atoms with van der Waals surface area (Å²) in [5.41, 5.74) is 1.61. The topological polar surface area (TPSA) is 63.7 Å². The number of carbonyl (C=O) groups is 1. The van der Waals surface area contributed by atoms with Gasteiger partial charge in [0.15, 0.2) is 9.84 Å². The molecule has 1 aromatic rings. The first-order valence-electron chi connectivity index (χ1n) is 8.90. The average Bonchev–Trinajstić information content (AvgIpc) is 2.90. The Morgan fingerprint density at radius 1 is 1.20 bits per heavy atom. The smallest absolute Gasteiger partial charge is 0.254 e. The first-order valence-corrected chi connectivity index (χ1v) is 10.7. The van der Waals surface area contributed by atoms with Crippen LogP contribution in [0.2, 0.25) is 0 Å². The largest absolute Gasteiger partial charge is 0.374 e. The van der Waals surface area contributed by atoms with Gasteiger partial charge in [-0.05, 0) is 43.9 Å². The lowest BCUT2D eigenvalue weighted by Crippen LogP contribution is -2.43. The first kappa shape index (κ1) is 19.9. The molecular formula is C19H29NO4S. The van der Waals surface area contributed by atoms with Gasteiger partial charge in [0.05, 0.1) is 24.2 Å². The summed E-state index contributed by atoms with van der Waals surface area (Å²) < 4.78 is 29.2. The van der Waals surface area contributed by atoms with E-state index in [1.165, 1.54) is 0 Å². The number of rotatable bonds is 7. The molecule has 140 valence electrons. The number of amides is 1. The third-order valence-corrected chi connectivity index (χ3v) is 6.01. The highest BCUT2D eigenvalue weighted by Gasteiger charge is 2.35. The number of nitrogens with zero attached hydrogens (tertiary/aromatic N) is 1. The Labute approximate surface area is 151 Å². The Morgan fingerprint density at radius 3 is 2.32 bits per heavy atom. The molecule has 5 nitrogen and oxygen atoms in total. The molecular weight excluding hydrogens is 338 g/mol. The van der Waals surface area contributed by atoms with Crippen molar-refractivity contribution in [3.63, 3.8) is 0 Å². The molecule has 1 heterocycles. The summed E-state index contributed by atoms with van der Waals surface area (Å²) in [6, 6.07) is 7.18. The molecule has 0 aliphatic carbocycles. The van der Waals surface area contributed by atoms with Crippen molar-refractivity contribution < 1.29 is 17.9 Å². The molecule has 0 aromatic heterocycles. The Kier molecular flexibility index (Phi) is 6.63. The van der Waals surface area contributed by atoms with E-state index in [2.05, 4.69) is 0 Å². The summed E-state index contributed by atoms with van der Waals surface area (Å²) in [7, 11) is -3.02. The maximum Gasteiger partial charge on any atom is 0.254 e. The second kappa shape index (κ2) is 8.32. The zero-order chi connectivity index (χ0) is 18.6. The van der Waals surface area contributed by atoms with Crippen LogP contribution in [0.15, 0.2) is 24.3 Å². The normalized spacial score (nSPS) is 19.5. The molecule has 1 atom stereocenters. The van der Waals surface area contributed by atoms with Crippen LogP contribution in [0.5, 0.6) is 0 Å². The zero-order valence-corrected chi connectivity index (χ0v) is 16.4. The molecule has 1 unspecified atom stereocenters. The Hall–Kier alpha value is -1.40. The Balaban J connectivity index is 2.13. The van der Waals surface area contributed by atoms with E-state index < -0.39 is 9.84 Å². The van der Waals surface area contributed by atoms with Crippen LogP contribution < -0.4 is 0 Å². The predicted molar refractivity (Wildman–Crippen MR) is 99.3 cm³/mol. The van der Waals surface area contributed by atoms with Crippen LogP contribution in [0.1, 0.15) is 50.0 Å². The fraction of sp³-hybridized carbons (Fsp3) is 0.632. The zero-order valence-electron chi connectivity index (χ0n) is 15.6. The predicted octanol–water partition coefficient (Wildman–Crippen LogP) is 2.90. The van der Waals surface area contributed by atoms with E-state index in [1.807, 2.05) is 39.8 Å². The SMILES string of the molecule is CC(C)CN(C(=O)c1ccc(COC(C)C)cc1)C1CCS(=O)(=O)C1. The number of hydrogen-bond donors (Lipinski definition) is 0. The standard InChI is InChI=1S/C19H29NO4S/c1-14(2)11-20(18-9-10-25(22,23)13-18)19(21)17-7-5-16(6-8-17)12-24-15(3)4/h5-8,14-15,18H,9-13H2,1-4H3. The lowest BCUT2D eigenvalue weighted by Gasteiger charge is -2.30. The van der Waals surface area contributed by atoms with Crippen molar-refractivity contribution in [1.29, 1.82) is 0 Å². The van der Waals surface area contributed by atoms with Crippen molar-refractivity contribution >= 4 is 15.7 Å². The van der Waals surface area contributed by atoms with Crippen molar-refractivity contribution in [2.24, 2.45) is 5.92 Å². The van der Waals surface area contributed by atoms with Crippen molar-refractivity contribution in [2.75, 3.05) is 18.1 Å². The molecule has 1 aliphatic heterocycles. The molecule has 0 radical (unpaired) electrons. The van der Waals surface area contributed by atoms with E-state index in [-0.39, 0.29) is 35.5 Å². The summed E-state index contributed by atoms with van der Waals surface area (Å²) in [6.45, 7) is 9.13. The molecule has 1 aliphatic rings. The molecule has 0 saturated carbocycles.